The van der Waals surface area contributed by atoms with Gasteiger partial charge in [-0.3, -0.25) is 14.6 Å². The van der Waals surface area contributed by atoms with Crippen LogP contribution in [-0.2, 0) is 11.3 Å². The molecule has 1 aromatic rings. The van der Waals surface area contributed by atoms with E-state index in [1.165, 1.54) is 0 Å². The number of imidazole rings is 1. The summed E-state index contributed by atoms with van der Waals surface area (Å²) in [5, 5.41) is 2.99. The fraction of sp³-hybridized carbons (Fsp3) is 0.714. The zero-order chi connectivity index (χ0) is 14.0. The first kappa shape index (κ1) is 13.6. The van der Waals surface area contributed by atoms with Gasteiger partial charge in [-0.2, -0.15) is 0 Å². The van der Waals surface area contributed by atoms with Crippen LogP contribution >= 0.6 is 0 Å². The van der Waals surface area contributed by atoms with Gasteiger partial charge in [-0.15, -0.1) is 0 Å². The second-order valence-corrected chi connectivity index (χ2v) is 5.99. The Bertz CT molecular complexity index is 460. The van der Waals surface area contributed by atoms with Gasteiger partial charge in [0.15, 0.2) is 0 Å². The Labute approximate surface area is 119 Å². The van der Waals surface area contributed by atoms with Crippen molar-refractivity contribution in [3.63, 3.8) is 0 Å². The number of nitrogens with zero attached hydrogens (tertiary/aromatic N) is 3. The summed E-state index contributed by atoms with van der Waals surface area (Å²) < 4.78 is 0. The van der Waals surface area contributed by atoms with Crippen molar-refractivity contribution in [3.05, 3.63) is 18.2 Å². The lowest BCUT2D eigenvalue weighted by Crippen LogP contribution is -2.60. The fourth-order valence-corrected chi connectivity index (χ4v) is 3.41. The van der Waals surface area contributed by atoms with Gasteiger partial charge in [0.1, 0.15) is 5.82 Å². The maximum absolute atomic E-state index is 11.6. The van der Waals surface area contributed by atoms with Crippen LogP contribution in [-0.4, -0.2) is 64.4 Å². The quantitative estimate of drug-likeness (QED) is 0.810. The van der Waals surface area contributed by atoms with Gasteiger partial charge in [0.2, 0.25) is 5.91 Å². The number of likely N-dealkylation sites (N-methyl/N-ethyl adjacent to an activating group) is 1. The molecule has 2 aliphatic heterocycles. The molecule has 6 nitrogen and oxygen atoms in total. The second kappa shape index (κ2) is 5.54. The van der Waals surface area contributed by atoms with Crippen molar-refractivity contribution in [2.75, 3.05) is 33.2 Å². The van der Waals surface area contributed by atoms with E-state index in [9.17, 15) is 4.79 Å². The largest absolute Gasteiger partial charge is 0.356 e. The number of hydrogen-bond donors (Lipinski definition) is 2. The smallest absolute Gasteiger partial charge is 0.220 e. The third-order valence-corrected chi connectivity index (χ3v) is 4.74. The Hall–Kier alpha value is -1.40. The monoisotopic (exact) mass is 277 g/mol. The van der Waals surface area contributed by atoms with E-state index in [0.717, 1.165) is 51.4 Å². The predicted molar refractivity (Wildman–Crippen MR) is 76.1 cm³/mol. The van der Waals surface area contributed by atoms with Gasteiger partial charge in [-0.1, -0.05) is 0 Å². The highest BCUT2D eigenvalue weighted by molar-refractivity contribution is 5.76. The number of rotatable bonds is 2. The third-order valence-electron chi connectivity index (χ3n) is 4.74. The molecular weight excluding hydrogens is 254 g/mol. The molecule has 0 unspecified atom stereocenters. The van der Waals surface area contributed by atoms with E-state index < -0.39 is 0 Å². The molecule has 20 heavy (non-hydrogen) atoms. The van der Waals surface area contributed by atoms with Crippen LogP contribution in [0.25, 0.3) is 0 Å². The van der Waals surface area contributed by atoms with Crippen molar-refractivity contribution in [1.29, 1.82) is 0 Å². The second-order valence-electron chi connectivity index (χ2n) is 5.99. The van der Waals surface area contributed by atoms with Crippen LogP contribution in [0.2, 0.25) is 0 Å². The summed E-state index contributed by atoms with van der Waals surface area (Å²) in [5.41, 5.74) is 0.129. The number of carbonyl (C=O) groups is 1. The van der Waals surface area contributed by atoms with Crippen LogP contribution in [0, 0.1) is 0 Å². The molecule has 6 heteroatoms. The van der Waals surface area contributed by atoms with Crippen LogP contribution in [0.5, 0.6) is 0 Å². The highest BCUT2D eigenvalue weighted by atomic mass is 16.1. The van der Waals surface area contributed by atoms with Crippen molar-refractivity contribution in [2.24, 2.45) is 0 Å². The van der Waals surface area contributed by atoms with Crippen LogP contribution in [0.1, 0.15) is 25.1 Å². The van der Waals surface area contributed by atoms with Crippen LogP contribution < -0.4 is 5.32 Å². The number of piperazine rings is 1. The lowest BCUT2D eigenvalue weighted by molar-refractivity contribution is -0.121. The lowest BCUT2D eigenvalue weighted by Gasteiger charge is -2.49. The summed E-state index contributed by atoms with van der Waals surface area (Å²) in [6.07, 6.45) is 6.29. The van der Waals surface area contributed by atoms with Crippen molar-refractivity contribution in [3.8, 4) is 0 Å². The molecule has 2 fully saturated rings. The Morgan fingerprint density at radius 2 is 2.30 bits per heavy atom. The van der Waals surface area contributed by atoms with Crippen LogP contribution in [0.15, 0.2) is 12.4 Å². The summed E-state index contributed by atoms with van der Waals surface area (Å²) >= 11 is 0. The standard InChI is InChI=1S/C14H23N5O/c1-18-8-9-19(10-12-15-6-7-16-12)11-14(18)3-2-13(20)17-5-4-14/h6-7H,2-5,8-11H2,1H3,(H,15,16)(H,17,20)/t14-/m0/s1. The van der Waals surface area contributed by atoms with Crippen molar-refractivity contribution < 1.29 is 4.79 Å². The molecule has 110 valence electrons. The Balaban J connectivity index is 1.70. The van der Waals surface area contributed by atoms with Crippen LogP contribution in [0.4, 0.5) is 0 Å². The minimum atomic E-state index is 0.129. The summed E-state index contributed by atoms with van der Waals surface area (Å²) in [5.74, 6) is 1.21. The van der Waals surface area contributed by atoms with E-state index in [2.05, 4.69) is 32.1 Å². The van der Waals surface area contributed by atoms with Gasteiger partial charge >= 0.3 is 0 Å². The molecule has 0 bridgehead atoms. The maximum Gasteiger partial charge on any atom is 0.220 e. The third kappa shape index (κ3) is 2.71. The van der Waals surface area contributed by atoms with Gasteiger partial charge in [-0.05, 0) is 19.9 Å². The fourth-order valence-electron chi connectivity index (χ4n) is 3.41. The van der Waals surface area contributed by atoms with E-state index in [1.807, 2.05) is 6.20 Å². The molecule has 0 saturated carbocycles. The molecule has 0 aliphatic carbocycles. The summed E-state index contributed by atoms with van der Waals surface area (Å²) in [4.78, 5) is 24.0. The molecule has 1 spiro atoms. The number of carbonyl (C=O) groups excluding carboxylic acids is 1. The number of H-pyrrole nitrogens is 1. The number of amides is 1. The van der Waals surface area contributed by atoms with Gasteiger partial charge in [0.25, 0.3) is 0 Å². The van der Waals surface area contributed by atoms with E-state index in [0.29, 0.717) is 6.42 Å². The number of nitrogens with one attached hydrogen (secondary N) is 2. The average molecular weight is 277 g/mol. The van der Waals surface area contributed by atoms with Crippen LogP contribution in [0.3, 0.4) is 0 Å². The first-order valence-corrected chi connectivity index (χ1v) is 7.36. The van der Waals surface area contributed by atoms with Gasteiger partial charge in [0, 0.05) is 50.5 Å². The Morgan fingerprint density at radius 3 is 3.10 bits per heavy atom. The number of aromatic nitrogens is 2. The molecule has 3 heterocycles. The van der Waals surface area contributed by atoms with E-state index in [4.69, 9.17) is 0 Å². The van der Waals surface area contributed by atoms with Gasteiger partial charge in [0.05, 0.1) is 6.54 Å². The van der Waals surface area contributed by atoms with Crippen molar-refractivity contribution in [1.82, 2.24) is 25.1 Å². The van der Waals surface area contributed by atoms with E-state index in [1.54, 1.807) is 6.20 Å². The molecule has 2 aliphatic rings. The lowest BCUT2D eigenvalue weighted by atomic mass is 9.86. The summed E-state index contributed by atoms with van der Waals surface area (Å²) in [6.45, 7) is 4.77. The van der Waals surface area contributed by atoms with Crippen molar-refractivity contribution >= 4 is 5.91 Å². The SMILES string of the molecule is CN1CCN(Cc2ncc[nH]2)C[C@]12CCNC(=O)CC2. The number of aromatic amines is 1. The Morgan fingerprint density at radius 1 is 1.40 bits per heavy atom. The predicted octanol–water partition coefficient (Wildman–Crippen LogP) is 0.196. The molecule has 0 aromatic carbocycles. The molecule has 2 saturated heterocycles. The zero-order valence-corrected chi connectivity index (χ0v) is 12.1. The highest BCUT2D eigenvalue weighted by Gasteiger charge is 2.40. The molecule has 1 aromatic heterocycles. The normalized spacial score (nSPS) is 29.4. The minimum Gasteiger partial charge on any atom is -0.356 e. The topological polar surface area (TPSA) is 64.3 Å². The Kier molecular flexibility index (Phi) is 3.76. The molecule has 2 N–H and O–H groups in total. The van der Waals surface area contributed by atoms with Gasteiger partial charge in [-0.25, -0.2) is 4.98 Å². The number of hydrogen-bond acceptors (Lipinski definition) is 4. The first-order chi connectivity index (χ1) is 9.68. The minimum absolute atomic E-state index is 0.129. The molecule has 1 atom stereocenters. The van der Waals surface area contributed by atoms with E-state index >= 15 is 0 Å². The molecule has 3 rings (SSSR count). The summed E-state index contributed by atoms with van der Waals surface area (Å²) in [7, 11) is 2.19. The average Bonchev–Trinajstić information content (AvgIpc) is 2.86. The molecular formula is C14H23N5O. The van der Waals surface area contributed by atoms with Gasteiger partial charge < -0.3 is 10.3 Å². The molecule has 0 radical (unpaired) electrons. The zero-order valence-electron chi connectivity index (χ0n) is 12.1. The first-order valence-electron chi connectivity index (χ1n) is 7.36. The highest BCUT2D eigenvalue weighted by Crippen LogP contribution is 2.30. The maximum atomic E-state index is 11.6. The molecule has 1 amide bonds. The van der Waals surface area contributed by atoms with Crippen molar-refractivity contribution in [2.45, 2.75) is 31.3 Å². The summed E-state index contributed by atoms with van der Waals surface area (Å²) in [6, 6.07) is 0. The van der Waals surface area contributed by atoms with E-state index in [-0.39, 0.29) is 11.4 Å².